The first-order valence-corrected chi connectivity index (χ1v) is 7.12. The minimum Gasteiger partial charge on any atom is -0.491 e. The molecule has 5 heteroatoms. The van der Waals surface area contributed by atoms with E-state index in [1.807, 2.05) is 14.0 Å². The van der Waals surface area contributed by atoms with Crippen LogP contribution in [0.3, 0.4) is 0 Å². The quantitative estimate of drug-likeness (QED) is 0.844. The predicted molar refractivity (Wildman–Crippen MR) is 78.8 cm³/mol. The molecule has 0 bridgehead atoms. The zero-order valence-electron chi connectivity index (χ0n) is 12.2. The number of nitrogens with two attached hydrogens (primary N) is 1. The van der Waals surface area contributed by atoms with Crippen LogP contribution in [0.15, 0.2) is 12.1 Å². The van der Waals surface area contributed by atoms with Crippen LogP contribution >= 0.6 is 0 Å². The summed E-state index contributed by atoms with van der Waals surface area (Å²) in [6.07, 6.45) is 2.26. The van der Waals surface area contributed by atoms with E-state index in [0.717, 1.165) is 38.3 Å². The van der Waals surface area contributed by atoms with Crippen LogP contribution in [0.2, 0.25) is 0 Å². The van der Waals surface area contributed by atoms with Crippen molar-refractivity contribution in [2.24, 2.45) is 5.92 Å². The Hall–Kier alpha value is -1.49. The molecule has 1 aromatic rings. The second-order valence-electron chi connectivity index (χ2n) is 5.24. The summed E-state index contributed by atoms with van der Waals surface area (Å²) in [5.41, 5.74) is 7.17. The van der Waals surface area contributed by atoms with Crippen molar-refractivity contribution in [1.29, 1.82) is 0 Å². The summed E-state index contributed by atoms with van der Waals surface area (Å²) in [7, 11) is 1.97. The lowest BCUT2D eigenvalue weighted by Crippen LogP contribution is -2.31. The Kier molecular flexibility index (Phi) is 5.06. The van der Waals surface area contributed by atoms with E-state index < -0.39 is 5.82 Å². The lowest BCUT2D eigenvalue weighted by atomic mass is 10.0. The Bertz CT molecular complexity index is 448. The van der Waals surface area contributed by atoms with Gasteiger partial charge in [0.05, 0.1) is 24.6 Å². The van der Waals surface area contributed by atoms with Crippen molar-refractivity contribution in [3.8, 4) is 5.75 Å². The Labute approximate surface area is 119 Å². The van der Waals surface area contributed by atoms with Gasteiger partial charge in [-0.1, -0.05) is 0 Å². The van der Waals surface area contributed by atoms with Crippen LogP contribution in [0.1, 0.15) is 19.8 Å². The number of halogens is 1. The molecule has 4 nitrogen and oxygen atoms in total. The largest absolute Gasteiger partial charge is 0.491 e. The molecule has 1 fully saturated rings. The molecule has 0 radical (unpaired) electrons. The second-order valence-corrected chi connectivity index (χ2v) is 5.24. The molecule has 0 amide bonds. The summed E-state index contributed by atoms with van der Waals surface area (Å²) in [5.74, 6) is 0.333. The Morgan fingerprint density at radius 2 is 2.30 bits per heavy atom. The van der Waals surface area contributed by atoms with Crippen molar-refractivity contribution in [2.75, 3.05) is 44.0 Å². The van der Waals surface area contributed by atoms with Crippen LogP contribution in [0.25, 0.3) is 0 Å². The third kappa shape index (κ3) is 3.54. The Morgan fingerprint density at radius 3 is 2.95 bits per heavy atom. The van der Waals surface area contributed by atoms with Gasteiger partial charge in [0, 0.05) is 32.3 Å². The van der Waals surface area contributed by atoms with Crippen LogP contribution in [0, 0.1) is 11.7 Å². The smallest absolute Gasteiger partial charge is 0.167 e. The molecule has 1 heterocycles. The van der Waals surface area contributed by atoms with E-state index in [-0.39, 0.29) is 5.75 Å². The lowest BCUT2D eigenvalue weighted by molar-refractivity contribution is 0.0576. The summed E-state index contributed by atoms with van der Waals surface area (Å²) in [6, 6.07) is 3.01. The van der Waals surface area contributed by atoms with Gasteiger partial charge in [-0.2, -0.15) is 0 Å². The molecule has 0 spiro atoms. The number of nitrogens with zero attached hydrogens (tertiary/aromatic N) is 1. The first-order chi connectivity index (χ1) is 9.61. The number of nitrogen functional groups attached to an aromatic ring is 1. The van der Waals surface area contributed by atoms with Gasteiger partial charge < -0.3 is 20.1 Å². The van der Waals surface area contributed by atoms with Gasteiger partial charge >= 0.3 is 0 Å². The number of hydrogen-bond donors (Lipinski definition) is 1. The first-order valence-electron chi connectivity index (χ1n) is 7.12. The molecule has 1 aromatic carbocycles. The van der Waals surface area contributed by atoms with Gasteiger partial charge in [-0.05, 0) is 25.7 Å². The predicted octanol–water partition coefficient (Wildman–Crippen LogP) is 2.67. The van der Waals surface area contributed by atoms with E-state index in [1.165, 1.54) is 6.07 Å². The first kappa shape index (κ1) is 14.9. The molecule has 0 saturated carbocycles. The number of benzene rings is 1. The summed E-state index contributed by atoms with van der Waals surface area (Å²) in [4.78, 5) is 2.05. The summed E-state index contributed by atoms with van der Waals surface area (Å²) >= 11 is 0. The zero-order chi connectivity index (χ0) is 14.5. The van der Waals surface area contributed by atoms with Crippen molar-refractivity contribution in [3.63, 3.8) is 0 Å². The normalized spacial score (nSPS) is 18.9. The maximum absolute atomic E-state index is 13.7. The maximum atomic E-state index is 13.7. The zero-order valence-corrected chi connectivity index (χ0v) is 12.2. The summed E-state index contributed by atoms with van der Waals surface area (Å²) in [6.45, 7) is 4.75. The van der Waals surface area contributed by atoms with E-state index in [1.54, 1.807) is 6.07 Å². The molecule has 1 saturated heterocycles. The average Bonchev–Trinajstić information content (AvgIpc) is 2.43. The van der Waals surface area contributed by atoms with E-state index in [2.05, 4.69) is 4.90 Å². The van der Waals surface area contributed by atoms with Gasteiger partial charge in [0.1, 0.15) is 0 Å². The molecule has 1 atom stereocenters. The molecule has 1 aliphatic heterocycles. The van der Waals surface area contributed by atoms with Gasteiger partial charge in [-0.15, -0.1) is 0 Å². The molecule has 0 aromatic heterocycles. The van der Waals surface area contributed by atoms with Crippen molar-refractivity contribution in [2.45, 2.75) is 19.8 Å². The van der Waals surface area contributed by atoms with Crippen LogP contribution in [0.4, 0.5) is 15.8 Å². The maximum Gasteiger partial charge on any atom is 0.167 e. The van der Waals surface area contributed by atoms with E-state index >= 15 is 0 Å². The molecule has 0 aliphatic carbocycles. The third-order valence-corrected chi connectivity index (χ3v) is 3.58. The van der Waals surface area contributed by atoms with Gasteiger partial charge in [0.15, 0.2) is 11.6 Å². The van der Waals surface area contributed by atoms with Gasteiger partial charge in [-0.3, -0.25) is 0 Å². The topological polar surface area (TPSA) is 47.7 Å². The molecule has 1 unspecified atom stereocenters. The van der Waals surface area contributed by atoms with Gasteiger partial charge in [-0.25, -0.2) is 4.39 Å². The van der Waals surface area contributed by atoms with Crippen LogP contribution in [-0.2, 0) is 4.74 Å². The van der Waals surface area contributed by atoms with Crippen LogP contribution in [-0.4, -0.2) is 33.4 Å². The van der Waals surface area contributed by atoms with E-state index in [0.29, 0.717) is 18.2 Å². The highest BCUT2D eigenvalue weighted by atomic mass is 19.1. The molecular weight excluding hydrogens is 259 g/mol. The number of hydrogen-bond acceptors (Lipinski definition) is 4. The molecule has 112 valence electrons. The minimum absolute atomic E-state index is 0.253. The van der Waals surface area contributed by atoms with Crippen molar-refractivity contribution >= 4 is 11.4 Å². The fourth-order valence-corrected chi connectivity index (χ4v) is 2.59. The highest BCUT2D eigenvalue weighted by Crippen LogP contribution is 2.31. The number of ether oxygens (including phenoxy) is 2. The highest BCUT2D eigenvalue weighted by molar-refractivity contribution is 5.69. The highest BCUT2D eigenvalue weighted by Gasteiger charge is 2.18. The van der Waals surface area contributed by atoms with Gasteiger partial charge in [0.2, 0.25) is 0 Å². The minimum atomic E-state index is -0.414. The van der Waals surface area contributed by atoms with E-state index in [4.69, 9.17) is 15.2 Å². The monoisotopic (exact) mass is 282 g/mol. The molecular formula is C15H23FN2O2. The Morgan fingerprint density at radius 1 is 1.50 bits per heavy atom. The number of anilines is 2. The lowest BCUT2D eigenvalue weighted by Gasteiger charge is -2.29. The molecule has 2 N–H and O–H groups in total. The van der Waals surface area contributed by atoms with Crippen LogP contribution in [0.5, 0.6) is 5.75 Å². The molecule has 20 heavy (non-hydrogen) atoms. The van der Waals surface area contributed by atoms with Crippen molar-refractivity contribution < 1.29 is 13.9 Å². The second kappa shape index (κ2) is 6.79. The average molecular weight is 282 g/mol. The summed E-state index contributed by atoms with van der Waals surface area (Å²) < 4.78 is 24.5. The fourth-order valence-electron chi connectivity index (χ4n) is 2.59. The van der Waals surface area contributed by atoms with Crippen molar-refractivity contribution in [1.82, 2.24) is 0 Å². The Balaban J connectivity index is 2.11. The summed E-state index contributed by atoms with van der Waals surface area (Å²) in [5, 5.41) is 0. The van der Waals surface area contributed by atoms with Crippen molar-refractivity contribution in [3.05, 3.63) is 17.9 Å². The SMILES string of the molecule is CCOc1cc(N(C)CC2CCCOC2)c(N)cc1F. The molecule has 2 rings (SSSR count). The molecule has 1 aliphatic rings. The van der Waals surface area contributed by atoms with Crippen LogP contribution < -0.4 is 15.4 Å². The van der Waals surface area contributed by atoms with Gasteiger partial charge in [0.25, 0.3) is 0 Å². The third-order valence-electron chi connectivity index (χ3n) is 3.58. The number of rotatable bonds is 5. The van der Waals surface area contributed by atoms with E-state index in [9.17, 15) is 4.39 Å². The fraction of sp³-hybridized carbons (Fsp3) is 0.600. The standard InChI is InChI=1S/C15H23FN2O2/c1-3-20-15-8-14(13(17)7-12(15)16)18(2)9-11-5-4-6-19-10-11/h7-8,11H,3-6,9-10,17H2,1-2H3.